The van der Waals surface area contributed by atoms with E-state index in [1.807, 2.05) is 0 Å². The molecular formula is C51H66OSi. The molecule has 0 unspecified atom stereocenters. The molecule has 2 aliphatic rings. The summed E-state index contributed by atoms with van der Waals surface area (Å²) in [6.45, 7) is 28.9. The van der Waals surface area contributed by atoms with E-state index in [4.69, 9.17) is 4.74 Å². The zero-order valence-electron chi connectivity index (χ0n) is 35.1. The third-order valence-corrected chi connectivity index (χ3v) is 16.8. The van der Waals surface area contributed by atoms with Gasteiger partial charge in [0.15, 0.2) is 0 Å². The molecule has 4 aromatic rings. The third-order valence-electron chi connectivity index (χ3n) is 11.9. The molecule has 2 heteroatoms. The summed E-state index contributed by atoms with van der Waals surface area (Å²) in [5, 5.41) is 3.42. The van der Waals surface area contributed by atoms with Crippen LogP contribution in [0.15, 0.2) is 96.1 Å². The molecule has 53 heavy (non-hydrogen) atoms. The molecule has 1 nitrogen and oxygen atoms in total. The van der Waals surface area contributed by atoms with E-state index in [-0.39, 0.29) is 16.4 Å². The standard InChI is InChI=1S/C51H66OSi/c1-35-33-39-19-17-21-43(37-23-27-41(28-24-37)49(3,4)5)45(39)47(35)53(12,32-16-14-13-15-31-52-51(9,10)11)48-36(2)34-40-20-18-22-44(46(40)48)38-25-29-42(30-26-38)50(6,7)8/h17-30H,13-16,31-34H2,1-12H3. The lowest BCUT2D eigenvalue weighted by Gasteiger charge is -2.36. The van der Waals surface area contributed by atoms with E-state index in [1.165, 1.54) is 69.8 Å². The molecule has 280 valence electrons. The zero-order chi connectivity index (χ0) is 38.3. The third kappa shape index (κ3) is 8.30. The molecule has 0 saturated heterocycles. The summed E-state index contributed by atoms with van der Waals surface area (Å²) >= 11 is 0. The van der Waals surface area contributed by atoms with E-state index >= 15 is 0 Å². The van der Waals surface area contributed by atoms with Gasteiger partial charge in [-0.1, -0.05) is 163 Å². The van der Waals surface area contributed by atoms with Crippen molar-refractivity contribution in [3.8, 4) is 22.3 Å². The minimum Gasteiger partial charge on any atom is -0.376 e. The van der Waals surface area contributed by atoms with Crippen LogP contribution >= 0.6 is 0 Å². The fourth-order valence-electron chi connectivity index (χ4n) is 9.22. The molecule has 0 atom stereocenters. The molecule has 0 aromatic heterocycles. The molecule has 0 aliphatic heterocycles. The normalized spacial score (nSPS) is 15.0. The highest BCUT2D eigenvalue weighted by atomic mass is 28.3. The van der Waals surface area contributed by atoms with E-state index in [9.17, 15) is 0 Å². The Morgan fingerprint density at radius 2 is 0.943 bits per heavy atom. The maximum absolute atomic E-state index is 6.10. The van der Waals surface area contributed by atoms with Crippen LogP contribution in [0.5, 0.6) is 0 Å². The average molecular weight is 723 g/mol. The van der Waals surface area contributed by atoms with Crippen molar-refractivity contribution in [3.05, 3.63) is 129 Å². The van der Waals surface area contributed by atoms with E-state index in [2.05, 4.69) is 168 Å². The molecule has 0 saturated carbocycles. The van der Waals surface area contributed by atoms with Gasteiger partial charge in [-0.25, -0.2) is 0 Å². The predicted molar refractivity (Wildman–Crippen MR) is 234 cm³/mol. The number of unbranched alkanes of at least 4 members (excludes halogenated alkanes) is 3. The van der Waals surface area contributed by atoms with Gasteiger partial charge in [0.1, 0.15) is 8.07 Å². The second-order valence-electron chi connectivity index (χ2n) is 19.5. The van der Waals surface area contributed by atoms with Crippen LogP contribution in [0.2, 0.25) is 12.6 Å². The van der Waals surface area contributed by atoms with E-state index < -0.39 is 8.07 Å². The van der Waals surface area contributed by atoms with Crippen molar-refractivity contribution in [2.75, 3.05) is 6.61 Å². The fraction of sp³-hybridized carbons (Fsp3) is 0.451. The molecular weight excluding hydrogens is 657 g/mol. The Balaban J connectivity index is 1.45. The topological polar surface area (TPSA) is 9.23 Å². The summed E-state index contributed by atoms with van der Waals surface area (Å²) in [6.07, 6.45) is 6.97. The first-order valence-electron chi connectivity index (χ1n) is 20.4. The lowest BCUT2D eigenvalue weighted by atomic mass is 9.86. The largest absolute Gasteiger partial charge is 0.376 e. The number of ether oxygens (including phenoxy) is 1. The molecule has 4 aromatic carbocycles. The van der Waals surface area contributed by atoms with Crippen molar-refractivity contribution < 1.29 is 4.74 Å². The summed E-state index contributed by atoms with van der Waals surface area (Å²) in [5.41, 5.74) is 17.8. The highest BCUT2D eigenvalue weighted by Crippen LogP contribution is 2.54. The van der Waals surface area contributed by atoms with Crippen LogP contribution in [-0.4, -0.2) is 20.3 Å². The number of benzene rings is 4. The fourth-order valence-corrected chi connectivity index (χ4v) is 14.7. The van der Waals surface area contributed by atoms with Gasteiger partial charge in [0.05, 0.1) is 5.60 Å². The molecule has 2 aliphatic carbocycles. The highest BCUT2D eigenvalue weighted by molar-refractivity contribution is 7.10. The van der Waals surface area contributed by atoms with Crippen molar-refractivity contribution in [3.63, 3.8) is 0 Å². The van der Waals surface area contributed by atoms with Crippen molar-refractivity contribution >= 4 is 18.5 Å². The molecule has 0 amide bonds. The summed E-state index contributed by atoms with van der Waals surface area (Å²) in [6, 6.07) is 34.5. The SMILES string of the molecule is CC1=C([Si](C)(CCCCCCOC(C)(C)C)C2=C(C)Cc3cccc(-c4ccc(C(C)(C)C)cc4)c32)c2c(cccc2-c2ccc(C(C)(C)C)cc2)C1. The molecule has 0 N–H and O–H groups in total. The van der Waals surface area contributed by atoms with Gasteiger partial charge in [-0.05, 0) is 137 Å². The Hall–Kier alpha value is -3.46. The van der Waals surface area contributed by atoms with Crippen LogP contribution in [0.25, 0.3) is 32.6 Å². The zero-order valence-corrected chi connectivity index (χ0v) is 36.1. The second-order valence-corrected chi connectivity index (χ2v) is 23.6. The van der Waals surface area contributed by atoms with Crippen LogP contribution in [0.1, 0.15) is 135 Å². The van der Waals surface area contributed by atoms with Crippen molar-refractivity contribution in [1.82, 2.24) is 0 Å². The predicted octanol–water partition coefficient (Wildman–Crippen LogP) is 14.5. The quantitative estimate of drug-likeness (QED) is 0.111. The lowest BCUT2D eigenvalue weighted by molar-refractivity contribution is -0.00471. The van der Waals surface area contributed by atoms with E-state index in [1.54, 1.807) is 32.7 Å². The van der Waals surface area contributed by atoms with Gasteiger partial charge in [0.2, 0.25) is 0 Å². The first kappa shape index (κ1) is 39.2. The Kier molecular flexibility index (Phi) is 11.1. The van der Waals surface area contributed by atoms with Crippen molar-refractivity contribution in [2.24, 2.45) is 0 Å². The smallest absolute Gasteiger partial charge is 0.116 e. The maximum atomic E-state index is 6.10. The first-order valence-corrected chi connectivity index (χ1v) is 23.1. The molecule has 0 spiro atoms. The Morgan fingerprint density at radius 3 is 1.34 bits per heavy atom. The first-order chi connectivity index (χ1) is 24.9. The summed E-state index contributed by atoms with van der Waals surface area (Å²) in [5.74, 6) is 0. The van der Waals surface area contributed by atoms with E-state index in [0.717, 1.165) is 25.9 Å². The Labute approximate surface area is 324 Å². The second kappa shape index (κ2) is 15.0. The van der Waals surface area contributed by atoms with Gasteiger partial charge in [-0.15, -0.1) is 0 Å². The maximum Gasteiger partial charge on any atom is 0.116 e. The number of allylic oxidation sites excluding steroid dienone is 2. The molecule has 6 rings (SSSR count). The monoisotopic (exact) mass is 722 g/mol. The van der Waals surface area contributed by atoms with Gasteiger partial charge in [-0.2, -0.15) is 0 Å². The van der Waals surface area contributed by atoms with Gasteiger partial charge < -0.3 is 4.74 Å². The highest BCUT2D eigenvalue weighted by Gasteiger charge is 2.45. The Morgan fingerprint density at radius 1 is 0.528 bits per heavy atom. The molecule has 0 bridgehead atoms. The van der Waals surface area contributed by atoms with Gasteiger partial charge in [0.25, 0.3) is 0 Å². The van der Waals surface area contributed by atoms with Gasteiger partial charge >= 0.3 is 0 Å². The number of hydrogen-bond donors (Lipinski definition) is 0. The summed E-state index contributed by atoms with van der Waals surface area (Å²) < 4.78 is 6.10. The van der Waals surface area contributed by atoms with Crippen LogP contribution in [-0.2, 0) is 28.4 Å². The van der Waals surface area contributed by atoms with Crippen molar-refractivity contribution in [2.45, 2.75) is 144 Å². The average Bonchev–Trinajstić information content (AvgIpc) is 3.62. The Bertz CT molecular complexity index is 1870. The van der Waals surface area contributed by atoms with Crippen molar-refractivity contribution in [1.29, 1.82) is 0 Å². The van der Waals surface area contributed by atoms with Gasteiger partial charge in [0, 0.05) is 6.61 Å². The van der Waals surface area contributed by atoms with E-state index in [0.29, 0.717) is 0 Å². The van der Waals surface area contributed by atoms with Gasteiger partial charge in [-0.3, -0.25) is 0 Å². The minimum absolute atomic E-state index is 0.0687. The van der Waals surface area contributed by atoms with Crippen LogP contribution < -0.4 is 0 Å². The number of hydrogen-bond acceptors (Lipinski definition) is 1. The molecule has 0 radical (unpaired) electrons. The van der Waals surface area contributed by atoms with Crippen LogP contribution in [0.4, 0.5) is 0 Å². The number of rotatable bonds is 11. The summed E-state index contributed by atoms with van der Waals surface area (Å²) in [7, 11) is -2.29. The van der Waals surface area contributed by atoms with Crippen LogP contribution in [0, 0.1) is 0 Å². The number of fused-ring (bicyclic) bond motifs is 2. The molecule has 0 heterocycles. The minimum atomic E-state index is -2.29. The lowest BCUT2D eigenvalue weighted by Crippen LogP contribution is -2.35. The molecule has 0 fully saturated rings. The summed E-state index contributed by atoms with van der Waals surface area (Å²) in [4.78, 5) is 0. The van der Waals surface area contributed by atoms with Crippen LogP contribution in [0.3, 0.4) is 0 Å².